The Morgan fingerprint density at radius 3 is 0.500 bits per heavy atom. The van der Waals surface area contributed by atoms with Crippen LogP contribution in [0.25, 0.3) is 0 Å². The first kappa shape index (κ1) is 29.4. The average molecular weight is 408 g/mol. The molecule has 0 spiro atoms. The molecule has 0 saturated heterocycles. The second kappa shape index (κ2) is 23.7. The van der Waals surface area contributed by atoms with Crippen molar-refractivity contribution in [3.05, 3.63) is 0 Å². The topological polar surface area (TPSA) is 190 Å². The molecule has 0 radical (unpaired) electrons. The molecule has 0 fully saturated rings. The molecule has 0 atom stereocenters. The van der Waals surface area contributed by atoms with Crippen LogP contribution in [-0.4, -0.2) is 27.5 Å². The van der Waals surface area contributed by atoms with Crippen LogP contribution in [0.1, 0.15) is 0 Å². The summed E-state index contributed by atoms with van der Waals surface area (Å²) in [5, 5.41) is 0. The van der Waals surface area contributed by atoms with E-state index in [1.54, 1.807) is 0 Å². The fraction of sp³-hybridized carbons (Fsp3) is 0. The third-order valence-corrected chi connectivity index (χ3v) is 0. The van der Waals surface area contributed by atoms with E-state index in [9.17, 15) is 0 Å². The fourth-order valence-electron chi connectivity index (χ4n) is 0. The molecular formula is O9Si3Y2. The predicted octanol–water partition coefficient (Wildman–Crippen LogP) is -8.64. The molecule has 14 heteroatoms. The second-order valence-corrected chi connectivity index (χ2v) is 2.25. The van der Waals surface area contributed by atoms with E-state index in [0.717, 1.165) is 0 Å². The van der Waals surface area contributed by atoms with Gasteiger partial charge < -0.3 is 42.2 Å². The van der Waals surface area contributed by atoms with Crippen molar-refractivity contribution >= 4 is 27.5 Å². The minimum Gasteiger partial charge on any atom is -0.672 e. The van der Waals surface area contributed by atoms with E-state index in [1.165, 1.54) is 0 Å². The Labute approximate surface area is 133 Å². The Bertz CT molecular complexity index is 116. The number of rotatable bonds is 0. The van der Waals surface area contributed by atoms with E-state index < -0.39 is 27.5 Å². The Hall–Kier alpha value is 1.06. The van der Waals surface area contributed by atoms with Gasteiger partial charge in [-0.15, -0.1) is 0 Å². The molecule has 0 amide bonds. The van der Waals surface area contributed by atoms with Gasteiger partial charge >= 0.3 is 65.4 Å². The van der Waals surface area contributed by atoms with Crippen molar-refractivity contribution in [2.75, 3.05) is 0 Å². The molecule has 9 nitrogen and oxygen atoms in total. The maximum Gasteiger partial charge on any atom is 3.00 e. The first-order valence-corrected chi connectivity index (χ1v) is 5.51. The SMILES string of the molecule is O=[Si]([O-])[O-].O=[Si]([O-])[O-].O=[Si]([O-])[O-].[90Y+3].[90Y+3]. The van der Waals surface area contributed by atoms with E-state index in [4.69, 9.17) is 42.2 Å². The molecule has 0 aliphatic heterocycles. The smallest absolute Gasteiger partial charge is 0.672 e. The summed E-state index contributed by atoms with van der Waals surface area (Å²) in [7, 11) is -10.9. The van der Waals surface area contributed by atoms with Crippen molar-refractivity contribution in [3.8, 4) is 0 Å². The van der Waals surface area contributed by atoms with Gasteiger partial charge in [0.15, 0.2) is 0 Å². The van der Waals surface area contributed by atoms with Gasteiger partial charge in [-0.05, 0) is 0 Å². The molecule has 0 aromatic heterocycles. The summed E-state index contributed by atoms with van der Waals surface area (Å²) in [6, 6.07) is 0. The van der Waals surface area contributed by atoms with Gasteiger partial charge in [-0.2, -0.15) is 0 Å². The van der Waals surface area contributed by atoms with E-state index in [-0.39, 0.29) is 65.4 Å². The average Bonchev–Trinajstić information content (AvgIpc) is 1.54. The van der Waals surface area contributed by atoms with Crippen molar-refractivity contribution in [1.29, 1.82) is 0 Å². The summed E-state index contributed by atoms with van der Waals surface area (Å²) in [6.45, 7) is 0. The normalized spacial score (nSPS) is 5.14. The van der Waals surface area contributed by atoms with Crippen LogP contribution in [0.2, 0.25) is 0 Å². The molecule has 0 unspecified atom stereocenters. The molecule has 0 aromatic rings. The van der Waals surface area contributed by atoms with Crippen LogP contribution < -0.4 is 28.8 Å². The molecule has 0 saturated carbocycles. The van der Waals surface area contributed by atoms with Crippen molar-refractivity contribution in [2.24, 2.45) is 0 Å². The predicted molar refractivity (Wildman–Crippen MR) is 19.3 cm³/mol. The monoisotopic (exact) mass is 408 g/mol. The Balaban J connectivity index is -0.0000000270. The Morgan fingerprint density at radius 1 is 0.500 bits per heavy atom. The van der Waals surface area contributed by atoms with Gasteiger partial charge in [-0.25, -0.2) is 0 Å². The van der Waals surface area contributed by atoms with E-state index >= 15 is 0 Å². The minimum absolute atomic E-state index is 0. The molecule has 0 bridgehead atoms. The summed E-state index contributed by atoms with van der Waals surface area (Å²) >= 11 is 0. The maximum absolute atomic E-state index is 8.52. The van der Waals surface area contributed by atoms with Gasteiger partial charge in [0, 0.05) is 27.5 Å². The van der Waals surface area contributed by atoms with Gasteiger partial charge in [-0.1, -0.05) is 0 Å². The van der Waals surface area contributed by atoms with Crippen LogP contribution in [0, 0.1) is 0 Å². The minimum atomic E-state index is -3.63. The van der Waals surface area contributed by atoms with Crippen molar-refractivity contribution in [2.45, 2.75) is 0 Å². The summed E-state index contributed by atoms with van der Waals surface area (Å²) in [5.41, 5.74) is 0. The largest absolute Gasteiger partial charge is 3.00 e. The van der Waals surface area contributed by atoms with Gasteiger partial charge in [0.05, 0.1) is 0 Å². The third-order valence-electron chi connectivity index (χ3n) is 0. The van der Waals surface area contributed by atoms with Crippen LogP contribution in [0.4, 0.5) is 0 Å². The van der Waals surface area contributed by atoms with Gasteiger partial charge in [-0.3, -0.25) is 0 Å². The zero-order chi connectivity index (χ0) is 10.7. The van der Waals surface area contributed by atoms with Crippen molar-refractivity contribution < 1.29 is 108 Å². The van der Waals surface area contributed by atoms with Crippen molar-refractivity contribution in [3.63, 3.8) is 0 Å². The van der Waals surface area contributed by atoms with Crippen LogP contribution in [0.15, 0.2) is 0 Å². The first-order valence-electron chi connectivity index (χ1n) is 1.84. The van der Waals surface area contributed by atoms with E-state index in [0.29, 0.717) is 0 Å². The second-order valence-electron chi connectivity index (χ2n) is 0.750. The number of hydrogen-bond acceptors (Lipinski definition) is 9. The standard InChI is InChI=1S/3O3Si.2Y/c3*1-4(2)3;;/q3*-2;2*+3/i;;;2*1+1. The van der Waals surface area contributed by atoms with Gasteiger partial charge in [0.1, 0.15) is 0 Å². The van der Waals surface area contributed by atoms with Crippen molar-refractivity contribution in [1.82, 2.24) is 0 Å². The Kier molecular flexibility index (Phi) is 49.8. The van der Waals surface area contributed by atoms with Crippen LogP contribution in [0.5, 0.6) is 0 Å². The summed E-state index contributed by atoms with van der Waals surface area (Å²) in [5.74, 6) is 0. The molecule has 72 valence electrons. The summed E-state index contributed by atoms with van der Waals surface area (Å²) in [6.07, 6.45) is 0. The van der Waals surface area contributed by atoms with Gasteiger partial charge in [0.25, 0.3) is 0 Å². The number of hydrogen-bond donors (Lipinski definition) is 0. The first-order chi connectivity index (χ1) is 5.20. The Morgan fingerprint density at radius 2 is 0.500 bits per heavy atom. The fourth-order valence-corrected chi connectivity index (χ4v) is 0. The van der Waals surface area contributed by atoms with Crippen LogP contribution in [-0.2, 0) is 78.8 Å². The molecular weight excluding hydrogens is 408 g/mol. The van der Waals surface area contributed by atoms with Crippen LogP contribution >= 0.6 is 0 Å². The molecule has 0 aliphatic rings. The summed E-state index contributed by atoms with van der Waals surface area (Å²) in [4.78, 5) is 51.1. The molecule has 14 heavy (non-hydrogen) atoms. The van der Waals surface area contributed by atoms with Gasteiger partial charge in [0.2, 0.25) is 0 Å². The van der Waals surface area contributed by atoms with E-state index in [2.05, 4.69) is 0 Å². The van der Waals surface area contributed by atoms with E-state index in [1.807, 2.05) is 0 Å². The summed E-state index contributed by atoms with van der Waals surface area (Å²) < 4.78 is 25.6. The third kappa shape index (κ3) is 1690. The zero-order valence-electron chi connectivity index (χ0n) is 6.33. The molecule has 0 rings (SSSR count). The quantitative estimate of drug-likeness (QED) is 0.350. The van der Waals surface area contributed by atoms with Crippen LogP contribution in [0.3, 0.4) is 0 Å². The molecule has 0 heterocycles. The molecule has 0 aliphatic carbocycles. The molecule has 0 N–H and O–H groups in total. The maximum atomic E-state index is 8.52. The zero-order valence-corrected chi connectivity index (χ0v) is 15.0. The molecule has 0 aromatic carbocycles.